The molecule has 0 saturated carbocycles. The summed E-state index contributed by atoms with van der Waals surface area (Å²) in [6.45, 7) is 2.34. The quantitative estimate of drug-likeness (QED) is 0.681. The molecule has 0 bridgehead atoms. The van der Waals surface area contributed by atoms with Gasteiger partial charge in [-0.2, -0.15) is 0 Å². The van der Waals surface area contributed by atoms with Crippen LogP contribution in [-0.2, 0) is 9.59 Å². The second-order valence-corrected chi connectivity index (χ2v) is 6.25. The molecule has 0 heterocycles. The molecule has 1 atom stereocenters. The van der Waals surface area contributed by atoms with Crippen molar-refractivity contribution in [3.8, 4) is 0 Å². The van der Waals surface area contributed by atoms with Gasteiger partial charge in [-0.25, -0.2) is 0 Å². The number of amides is 1. The minimum atomic E-state index is -0.828. The molecule has 0 aliphatic heterocycles. The Bertz CT molecular complexity index is 482. The molecule has 4 nitrogen and oxygen atoms in total. The van der Waals surface area contributed by atoms with Crippen molar-refractivity contribution >= 4 is 35.2 Å². The molecule has 0 aromatic heterocycles. The maximum atomic E-state index is 11.7. The third-order valence-corrected chi connectivity index (χ3v) is 4.57. The number of carbonyl (C=O) groups is 2. The number of benzene rings is 1. The lowest BCUT2D eigenvalue weighted by atomic mass is 10.0. The molecule has 0 saturated heterocycles. The predicted octanol–water partition coefficient (Wildman–Crippen LogP) is 3.44. The van der Waals surface area contributed by atoms with E-state index in [0.29, 0.717) is 23.7 Å². The fraction of sp³-hybridized carbons (Fsp3) is 0.467. The summed E-state index contributed by atoms with van der Waals surface area (Å²) in [4.78, 5) is 23.3. The van der Waals surface area contributed by atoms with Crippen LogP contribution >= 0.6 is 23.4 Å². The molecular weight excluding hydrogens is 310 g/mol. The first kappa shape index (κ1) is 17.9. The van der Waals surface area contributed by atoms with E-state index in [1.165, 1.54) is 11.8 Å². The normalized spacial score (nSPS) is 11.9. The zero-order chi connectivity index (χ0) is 15.7. The Kier molecular flexibility index (Phi) is 8.23. The first-order valence-electron chi connectivity index (χ1n) is 6.88. The highest BCUT2D eigenvalue weighted by Crippen LogP contribution is 2.26. The van der Waals surface area contributed by atoms with Gasteiger partial charge in [-0.3, -0.25) is 9.59 Å². The summed E-state index contributed by atoms with van der Waals surface area (Å²) in [5.74, 6) is -0.253. The minimum Gasteiger partial charge on any atom is -0.481 e. The van der Waals surface area contributed by atoms with Crippen molar-refractivity contribution in [2.45, 2.75) is 31.1 Å². The first-order valence-corrected chi connectivity index (χ1v) is 8.25. The summed E-state index contributed by atoms with van der Waals surface area (Å²) in [6.07, 6.45) is 1.21. The van der Waals surface area contributed by atoms with Crippen LogP contribution < -0.4 is 5.32 Å². The van der Waals surface area contributed by atoms with E-state index in [4.69, 9.17) is 16.7 Å². The molecule has 0 aliphatic rings. The van der Waals surface area contributed by atoms with Crippen molar-refractivity contribution in [3.63, 3.8) is 0 Å². The van der Waals surface area contributed by atoms with Crippen LogP contribution in [0, 0.1) is 5.92 Å². The van der Waals surface area contributed by atoms with Gasteiger partial charge in [0.2, 0.25) is 5.91 Å². The van der Waals surface area contributed by atoms with E-state index in [9.17, 15) is 9.59 Å². The SMILES string of the molecule is CCC(CNC(=O)CCSc1ccccc1Cl)CC(=O)O. The van der Waals surface area contributed by atoms with E-state index in [2.05, 4.69) is 5.32 Å². The van der Waals surface area contributed by atoms with Crippen LogP contribution in [0.5, 0.6) is 0 Å². The molecule has 1 aromatic carbocycles. The second-order valence-electron chi connectivity index (χ2n) is 4.71. The van der Waals surface area contributed by atoms with Crippen molar-refractivity contribution in [1.29, 1.82) is 0 Å². The summed E-state index contributed by atoms with van der Waals surface area (Å²) >= 11 is 7.57. The van der Waals surface area contributed by atoms with E-state index in [-0.39, 0.29) is 18.2 Å². The van der Waals surface area contributed by atoms with Gasteiger partial charge in [-0.05, 0) is 18.1 Å². The largest absolute Gasteiger partial charge is 0.481 e. The fourth-order valence-electron chi connectivity index (χ4n) is 1.77. The van der Waals surface area contributed by atoms with Crippen LogP contribution in [0.3, 0.4) is 0 Å². The van der Waals surface area contributed by atoms with Crippen LogP contribution in [0.15, 0.2) is 29.2 Å². The highest BCUT2D eigenvalue weighted by atomic mass is 35.5. The van der Waals surface area contributed by atoms with E-state index in [1.54, 1.807) is 0 Å². The van der Waals surface area contributed by atoms with Gasteiger partial charge in [0.05, 0.1) is 5.02 Å². The predicted molar refractivity (Wildman–Crippen MR) is 85.8 cm³/mol. The number of hydrogen-bond donors (Lipinski definition) is 2. The van der Waals surface area contributed by atoms with Crippen molar-refractivity contribution in [3.05, 3.63) is 29.3 Å². The van der Waals surface area contributed by atoms with E-state index >= 15 is 0 Å². The molecule has 21 heavy (non-hydrogen) atoms. The van der Waals surface area contributed by atoms with Gasteiger partial charge in [-0.15, -0.1) is 11.8 Å². The highest BCUT2D eigenvalue weighted by Gasteiger charge is 2.12. The Morgan fingerprint density at radius 3 is 2.71 bits per heavy atom. The summed E-state index contributed by atoms with van der Waals surface area (Å²) in [6, 6.07) is 7.52. The minimum absolute atomic E-state index is 0.0114. The number of thioether (sulfide) groups is 1. The van der Waals surface area contributed by atoms with Gasteiger partial charge in [0.1, 0.15) is 0 Å². The Hall–Kier alpha value is -1.20. The summed E-state index contributed by atoms with van der Waals surface area (Å²) in [5.41, 5.74) is 0. The third-order valence-electron chi connectivity index (χ3n) is 3.05. The molecule has 1 amide bonds. The molecule has 1 unspecified atom stereocenters. The summed E-state index contributed by atoms with van der Waals surface area (Å²) < 4.78 is 0. The lowest BCUT2D eigenvalue weighted by Crippen LogP contribution is -2.30. The number of hydrogen-bond acceptors (Lipinski definition) is 3. The molecule has 0 aliphatic carbocycles. The fourth-order valence-corrected chi connectivity index (χ4v) is 2.96. The number of halogens is 1. The molecule has 0 fully saturated rings. The van der Waals surface area contributed by atoms with Gasteiger partial charge < -0.3 is 10.4 Å². The smallest absolute Gasteiger partial charge is 0.303 e. The molecule has 1 aromatic rings. The average Bonchev–Trinajstić information content (AvgIpc) is 2.45. The topological polar surface area (TPSA) is 66.4 Å². The number of aliphatic carboxylic acids is 1. The standard InChI is InChI=1S/C15H20ClNO3S/c1-2-11(9-15(19)20)10-17-14(18)7-8-21-13-6-4-3-5-12(13)16/h3-6,11H,2,7-10H2,1H3,(H,17,18)(H,19,20). The molecular formula is C15H20ClNO3S. The summed E-state index contributed by atoms with van der Waals surface area (Å²) in [5, 5.41) is 12.2. The van der Waals surface area contributed by atoms with E-state index in [0.717, 1.165) is 11.3 Å². The molecule has 6 heteroatoms. The lowest BCUT2D eigenvalue weighted by Gasteiger charge is -2.13. The van der Waals surface area contributed by atoms with Gasteiger partial charge >= 0.3 is 5.97 Å². The van der Waals surface area contributed by atoms with Crippen molar-refractivity contribution < 1.29 is 14.7 Å². The number of carbonyl (C=O) groups excluding carboxylic acids is 1. The number of rotatable bonds is 9. The van der Waals surface area contributed by atoms with Crippen molar-refractivity contribution in [1.82, 2.24) is 5.32 Å². The number of carboxylic acid groups (broad SMARTS) is 1. The maximum Gasteiger partial charge on any atom is 0.303 e. The van der Waals surface area contributed by atoms with Crippen LogP contribution in [0.25, 0.3) is 0 Å². The molecule has 0 radical (unpaired) electrons. The van der Waals surface area contributed by atoms with Crippen molar-refractivity contribution in [2.75, 3.05) is 12.3 Å². The van der Waals surface area contributed by atoms with Gasteiger partial charge in [0.25, 0.3) is 0 Å². The van der Waals surface area contributed by atoms with Gasteiger partial charge in [0, 0.05) is 30.0 Å². The zero-order valence-electron chi connectivity index (χ0n) is 12.0. The molecule has 116 valence electrons. The van der Waals surface area contributed by atoms with Crippen molar-refractivity contribution in [2.24, 2.45) is 5.92 Å². The van der Waals surface area contributed by atoms with Crippen LogP contribution in [-0.4, -0.2) is 29.3 Å². The summed E-state index contributed by atoms with van der Waals surface area (Å²) in [7, 11) is 0. The Morgan fingerprint density at radius 1 is 1.38 bits per heavy atom. The average molecular weight is 330 g/mol. The first-order chi connectivity index (χ1) is 10.0. The second kappa shape index (κ2) is 9.68. The van der Waals surface area contributed by atoms with Crippen LogP contribution in [0.2, 0.25) is 5.02 Å². The Labute approximate surface area is 134 Å². The van der Waals surface area contributed by atoms with E-state index in [1.807, 2.05) is 31.2 Å². The Balaban J connectivity index is 2.25. The maximum absolute atomic E-state index is 11.7. The number of nitrogens with one attached hydrogen (secondary N) is 1. The lowest BCUT2D eigenvalue weighted by molar-refractivity contribution is -0.138. The monoisotopic (exact) mass is 329 g/mol. The zero-order valence-corrected chi connectivity index (χ0v) is 13.5. The molecule has 0 spiro atoms. The van der Waals surface area contributed by atoms with Crippen LogP contribution in [0.1, 0.15) is 26.2 Å². The Morgan fingerprint density at radius 2 is 2.10 bits per heavy atom. The molecule has 1 rings (SSSR count). The molecule has 2 N–H and O–H groups in total. The van der Waals surface area contributed by atoms with Gasteiger partial charge in [-0.1, -0.05) is 37.1 Å². The number of carboxylic acids is 1. The highest BCUT2D eigenvalue weighted by molar-refractivity contribution is 7.99. The van der Waals surface area contributed by atoms with Gasteiger partial charge in [0.15, 0.2) is 0 Å². The van der Waals surface area contributed by atoms with Crippen LogP contribution in [0.4, 0.5) is 0 Å². The van der Waals surface area contributed by atoms with E-state index < -0.39 is 5.97 Å². The third kappa shape index (κ3) is 7.39.